The highest BCUT2D eigenvalue weighted by atomic mass is 35.5. The molecule has 3 aromatic rings. The summed E-state index contributed by atoms with van der Waals surface area (Å²) in [5.41, 5.74) is 2.26. The zero-order chi connectivity index (χ0) is 21.8. The number of nitrogens with zero attached hydrogens (tertiary/aromatic N) is 2. The Morgan fingerprint density at radius 2 is 1.52 bits per heavy atom. The first kappa shape index (κ1) is 21.3. The minimum absolute atomic E-state index is 0.0304. The van der Waals surface area contributed by atoms with Gasteiger partial charge in [0.1, 0.15) is 11.6 Å². The second kappa shape index (κ2) is 9.45. The van der Waals surface area contributed by atoms with Crippen molar-refractivity contribution in [3.63, 3.8) is 0 Å². The zero-order valence-electron chi connectivity index (χ0n) is 16.8. The van der Waals surface area contributed by atoms with Gasteiger partial charge in [0.15, 0.2) is 0 Å². The predicted octanol–water partition coefficient (Wildman–Crippen LogP) is 5.56. The summed E-state index contributed by atoms with van der Waals surface area (Å²) >= 11 is 6.08. The normalized spacial score (nSPS) is 15.5. The maximum absolute atomic E-state index is 13.9. The lowest BCUT2D eigenvalue weighted by Crippen LogP contribution is -2.51. The van der Waals surface area contributed by atoms with E-state index < -0.39 is 17.7 Å². The molecule has 0 aliphatic carbocycles. The molecule has 4 rings (SSSR count). The summed E-state index contributed by atoms with van der Waals surface area (Å²) < 4.78 is 26.9. The number of hydrogen-bond donors (Lipinski definition) is 1. The molecule has 1 saturated heterocycles. The predicted molar refractivity (Wildman–Crippen MR) is 118 cm³/mol. The number of urea groups is 1. The number of hydrogen-bond acceptors (Lipinski definition) is 2. The Hall–Kier alpha value is -2.96. The van der Waals surface area contributed by atoms with E-state index in [0.717, 1.165) is 23.3 Å². The van der Waals surface area contributed by atoms with Gasteiger partial charge in [-0.15, -0.1) is 0 Å². The van der Waals surface area contributed by atoms with E-state index in [2.05, 4.69) is 22.3 Å². The van der Waals surface area contributed by atoms with E-state index >= 15 is 0 Å². The fourth-order valence-corrected chi connectivity index (χ4v) is 3.99. The van der Waals surface area contributed by atoms with Gasteiger partial charge in [-0.1, -0.05) is 54.1 Å². The van der Waals surface area contributed by atoms with Gasteiger partial charge >= 0.3 is 6.03 Å². The quantitative estimate of drug-likeness (QED) is 0.575. The molecular formula is C24H22ClF2N3O. The average molecular weight is 442 g/mol. The third-order valence-corrected chi connectivity index (χ3v) is 5.69. The van der Waals surface area contributed by atoms with Gasteiger partial charge in [0.25, 0.3) is 0 Å². The van der Waals surface area contributed by atoms with Gasteiger partial charge in [0.05, 0.1) is 11.7 Å². The Bertz CT molecular complexity index is 1040. The van der Waals surface area contributed by atoms with Gasteiger partial charge < -0.3 is 10.2 Å². The van der Waals surface area contributed by atoms with Crippen LogP contribution in [0.2, 0.25) is 5.02 Å². The molecule has 1 aliphatic heterocycles. The second-order valence-electron chi connectivity index (χ2n) is 7.44. The first-order valence-electron chi connectivity index (χ1n) is 10.1. The van der Waals surface area contributed by atoms with Crippen molar-refractivity contribution < 1.29 is 13.6 Å². The maximum Gasteiger partial charge on any atom is 0.322 e. The van der Waals surface area contributed by atoms with Crippen LogP contribution in [-0.2, 0) is 0 Å². The lowest BCUT2D eigenvalue weighted by molar-refractivity contribution is 0.126. The average Bonchev–Trinajstić information content (AvgIpc) is 2.78. The molecule has 0 bridgehead atoms. The smallest absolute Gasteiger partial charge is 0.322 e. The minimum Gasteiger partial charge on any atom is -0.322 e. The van der Waals surface area contributed by atoms with Crippen molar-refractivity contribution in [1.82, 2.24) is 9.80 Å². The van der Waals surface area contributed by atoms with Crippen molar-refractivity contribution >= 4 is 23.3 Å². The van der Waals surface area contributed by atoms with Gasteiger partial charge in [0, 0.05) is 37.3 Å². The molecule has 1 N–H and O–H groups in total. The first-order chi connectivity index (χ1) is 15.0. The van der Waals surface area contributed by atoms with Gasteiger partial charge in [0.2, 0.25) is 0 Å². The molecule has 3 aromatic carbocycles. The molecule has 7 heteroatoms. The van der Waals surface area contributed by atoms with E-state index in [1.54, 1.807) is 4.90 Å². The molecule has 0 aromatic heterocycles. The monoisotopic (exact) mass is 441 g/mol. The number of amides is 2. The van der Waals surface area contributed by atoms with E-state index in [0.29, 0.717) is 31.2 Å². The van der Waals surface area contributed by atoms with Crippen LogP contribution in [0.3, 0.4) is 0 Å². The lowest BCUT2D eigenvalue weighted by Gasteiger charge is -2.39. The molecule has 31 heavy (non-hydrogen) atoms. The number of halogens is 3. The molecule has 1 atom stereocenters. The van der Waals surface area contributed by atoms with Crippen LogP contribution in [0.1, 0.15) is 17.2 Å². The Kier molecular flexibility index (Phi) is 6.49. The molecule has 160 valence electrons. The number of carbonyl (C=O) groups excluding carboxylic acids is 1. The number of carbonyl (C=O) groups is 1. The molecule has 1 heterocycles. The van der Waals surface area contributed by atoms with Crippen LogP contribution in [0.4, 0.5) is 19.3 Å². The summed E-state index contributed by atoms with van der Waals surface area (Å²) in [6, 6.07) is 20.8. The summed E-state index contributed by atoms with van der Waals surface area (Å²) in [6.45, 7) is 2.29. The van der Waals surface area contributed by atoms with Gasteiger partial charge in [-0.3, -0.25) is 4.90 Å². The maximum atomic E-state index is 13.9. The van der Waals surface area contributed by atoms with Crippen molar-refractivity contribution in [3.8, 4) is 0 Å². The van der Waals surface area contributed by atoms with E-state index in [4.69, 9.17) is 11.6 Å². The SMILES string of the molecule is O=C(Nc1ccc(F)cc1F)N1CCN([C@@H](c2ccccc2)c2ccc(Cl)cc2)CC1. The summed E-state index contributed by atoms with van der Waals surface area (Å²) in [6.07, 6.45) is 0. The molecule has 4 nitrogen and oxygen atoms in total. The number of benzene rings is 3. The molecule has 1 fully saturated rings. The van der Waals surface area contributed by atoms with Gasteiger partial charge in [-0.2, -0.15) is 0 Å². The fourth-order valence-electron chi connectivity index (χ4n) is 3.86. The molecule has 0 unspecified atom stereocenters. The summed E-state index contributed by atoms with van der Waals surface area (Å²) in [7, 11) is 0. The number of anilines is 1. The topological polar surface area (TPSA) is 35.6 Å². The Morgan fingerprint density at radius 3 is 2.16 bits per heavy atom. The van der Waals surface area contributed by atoms with Gasteiger partial charge in [-0.25, -0.2) is 13.6 Å². The standard InChI is InChI=1S/C24H22ClF2N3O/c25-19-8-6-18(7-9-19)23(17-4-2-1-3-5-17)29-12-14-30(15-13-29)24(31)28-22-11-10-20(26)16-21(22)27/h1-11,16,23H,12-15H2,(H,28,31)/t23-/m0/s1. The summed E-state index contributed by atoms with van der Waals surface area (Å²) in [4.78, 5) is 16.5. The van der Waals surface area contributed by atoms with Crippen molar-refractivity contribution in [1.29, 1.82) is 0 Å². The van der Waals surface area contributed by atoms with Crippen LogP contribution in [0.25, 0.3) is 0 Å². The van der Waals surface area contributed by atoms with Gasteiger partial charge in [-0.05, 0) is 35.4 Å². The minimum atomic E-state index is -0.793. The lowest BCUT2D eigenvalue weighted by atomic mass is 9.96. The van der Waals surface area contributed by atoms with Crippen molar-refractivity contribution in [3.05, 3.63) is 101 Å². The highest BCUT2D eigenvalue weighted by Crippen LogP contribution is 2.30. The highest BCUT2D eigenvalue weighted by Gasteiger charge is 2.28. The van der Waals surface area contributed by atoms with Crippen LogP contribution >= 0.6 is 11.6 Å². The first-order valence-corrected chi connectivity index (χ1v) is 10.4. The number of piperazine rings is 1. The third-order valence-electron chi connectivity index (χ3n) is 5.44. The molecule has 1 aliphatic rings. The van der Waals surface area contributed by atoms with E-state index in [1.807, 2.05) is 42.5 Å². The summed E-state index contributed by atoms with van der Waals surface area (Å²) in [5, 5.41) is 3.22. The van der Waals surface area contributed by atoms with Crippen LogP contribution in [0.15, 0.2) is 72.8 Å². The largest absolute Gasteiger partial charge is 0.322 e. The Labute approximate surface area is 185 Å². The fraction of sp³-hybridized carbons (Fsp3) is 0.208. The molecule has 2 amide bonds. The van der Waals surface area contributed by atoms with Crippen LogP contribution in [0, 0.1) is 11.6 Å². The Balaban J connectivity index is 1.46. The highest BCUT2D eigenvalue weighted by molar-refractivity contribution is 6.30. The second-order valence-corrected chi connectivity index (χ2v) is 7.88. The van der Waals surface area contributed by atoms with Crippen LogP contribution in [0.5, 0.6) is 0 Å². The summed E-state index contributed by atoms with van der Waals surface area (Å²) in [5.74, 6) is -1.47. The van der Waals surface area contributed by atoms with E-state index in [9.17, 15) is 13.6 Å². The van der Waals surface area contributed by atoms with Crippen LogP contribution < -0.4 is 5.32 Å². The number of rotatable bonds is 4. The molecule has 0 saturated carbocycles. The van der Waals surface area contributed by atoms with E-state index in [1.165, 1.54) is 6.07 Å². The van der Waals surface area contributed by atoms with E-state index in [-0.39, 0.29) is 11.7 Å². The number of nitrogens with one attached hydrogen (secondary N) is 1. The molecule has 0 spiro atoms. The van der Waals surface area contributed by atoms with Crippen molar-refractivity contribution in [2.75, 3.05) is 31.5 Å². The van der Waals surface area contributed by atoms with Crippen molar-refractivity contribution in [2.45, 2.75) is 6.04 Å². The van der Waals surface area contributed by atoms with Crippen molar-refractivity contribution in [2.24, 2.45) is 0 Å². The molecule has 0 radical (unpaired) electrons. The molecular weight excluding hydrogens is 420 g/mol. The van der Waals surface area contributed by atoms with Crippen LogP contribution in [-0.4, -0.2) is 42.0 Å². The Morgan fingerprint density at radius 1 is 0.871 bits per heavy atom. The third kappa shape index (κ3) is 5.03. The zero-order valence-corrected chi connectivity index (χ0v) is 17.5.